The first-order valence-electron chi connectivity index (χ1n) is 5.72. The van der Waals surface area contributed by atoms with Crippen LogP contribution in [0.25, 0.3) is 0 Å². The predicted octanol–water partition coefficient (Wildman–Crippen LogP) is 0.988. The maximum atomic E-state index is 5.89. The van der Waals surface area contributed by atoms with Crippen LogP contribution in [0.1, 0.15) is 17.8 Å². The number of aromatic nitrogens is 1. The van der Waals surface area contributed by atoms with Crippen LogP contribution in [-0.2, 0) is 11.3 Å². The molecule has 0 aromatic carbocycles. The molecular formula is C11H19N3OS. The maximum absolute atomic E-state index is 5.89. The standard InChI is InChI=1S/C11H19N3OS/c12-8-11(1-4-15-5-2-11)9-13-7-10-14-3-6-16-10/h3,6,13H,1-2,4-5,7-9,12H2. The van der Waals surface area contributed by atoms with Gasteiger partial charge in [0.1, 0.15) is 5.01 Å². The Morgan fingerprint density at radius 1 is 1.50 bits per heavy atom. The minimum atomic E-state index is 0.232. The van der Waals surface area contributed by atoms with E-state index < -0.39 is 0 Å². The third-order valence-corrected chi connectivity index (χ3v) is 4.03. The van der Waals surface area contributed by atoms with Crippen LogP contribution in [0.3, 0.4) is 0 Å². The van der Waals surface area contributed by atoms with Crippen LogP contribution in [0.5, 0.6) is 0 Å². The van der Waals surface area contributed by atoms with Crippen LogP contribution in [-0.4, -0.2) is 31.3 Å². The van der Waals surface area contributed by atoms with E-state index in [1.807, 2.05) is 11.6 Å². The molecule has 5 heteroatoms. The predicted molar refractivity (Wildman–Crippen MR) is 65.4 cm³/mol. The summed E-state index contributed by atoms with van der Waals surface area (Å²) >= 11 is 1.69. The zero-order valence-corrected chi connectivity index (χ0v) is 10.3. The summed E-state index contributed by atoms with van der Waals surface area (Å²) in [6, 6.07) is 0. The van der Waals surface area contributed by atoms with Gasteiger partial charge in [-0.15, -0.1) is 11.3 Å². The summed E-state index contributed by atoms with van der Waals surface area (Å²) in [4.78, 5) is 4.25. The molecule has 2 heterocycles. The molecule has 2 rings (SSSR count). The number of hydrogen-bond acceptors (Lipinski definition) is 5. The van der Waals surface area contributed by atoms with E-state index in [0.29, 0.717) is 0 Å². The highest BCUT2D eigenvalue weighted by Crippen LogP contribution is 2.28. The van der Waals surface area contributed by atoms with Crippen molar-refractivity contribution in [2.45, 2.75) is 19.4 Å². The maximum Gasteiger partial charge on any atom is 0.106 e. The molecule has 1 aromatic rings. The first-order chi connectivity index (χ1) is 7.85. The number of ether oxygens (including phenoxy) is 1. The molecule has 0 radical (unpaired) electrons. The van der Waals surface area contributed by atoms with Crippen molar-refractivity contribution in [1.29, 1.82) is 0 Å². The number of hydrogen-bond donors (Lipinski definition) is 2. The molecule has 1 saturated heterocycles. The Kier molecular flexibility index (Phi) is 4.29. The topological polar surface area (TPSA) is 60.2 Å². The molecule has 0 unspecified atom stereocenters. The number of thiazole rings is 1. The first-order valence-corrected chi connectivity index (χ1v) is 6.60. The van der Waals surface area contributed by atoms with Crippen molar-refractivity contribution in [3.05, 3.63) is 16.6 Å². The van der Waals surface area contributed by atoms with Crippen molar-refractivity contribution in [3.8, 4) is 0 Å². The van der Waals surface area contributed by atoms with Gasteiger partial charge in [0, 0.05) is 37.9 Å². The third kappa shape index (κ3) is 3.01. The second kappa shape index (κ2) is 5.72. The number of nitrogens with two attached hydrogens (primary N) is 1. The molecule has 0 bridgehead atoms. The molecule has 1 aliphatic rings. The second-order valence-corrected chi connectivity index (χ2v) is 5.33. The molecular weight excluding hydrogens is 222 g/mol. The smallest absolute Gasteiger partial charge is 0.106 e. The molecule has 0 aliphatic carbocycles. The molecule has 16 heavy (non-hydrogen) atoms. The fourth-order valence-electron chi connectivity index (χ4n) is 2.03. The van der Waals surface area contributed by atoms with Crippen LogP contribution in [0.4, 0.5) is 0 Å². The van der Waals surface area contributed by atoms with Crippen LogP contribution in [0.2, 0.25) is 0 Å². The summed E-state index contributed by atoms with van der Waals surface area (Å²) in [5, 5.41) is 6.60. The van der Waals surface area contributed by atoms with Crippen molar-refractivity contribution in [2.24, 2.45) is 11.1 Å². The van der Waals surface area contributed by atoms with Gasteiger partial charge in [-0.25, -0.2) is 4.98 Å². The molecule has 4 nitrogen and oxygen atoms in total. The molecule has 0 saturated carbocycles. The zero-order chi connectivity index (χ0) is 11.3. The molecule has 3 N–H and O–H groups in total. The Labute approximate surface area is 100 Å². The highest BCUT2D eigenvalue weighted by atomic mass is 32.1. The number of rotatable bonds is 5. The van der Waals surface area contributed by atoms with E-state index in [0.717, 1.165) is 50.7 Å². The fourth-order valence-corrected chi connectivity index (χ4v) is 2.62. The molecule has 1 fully saturated rings. The lowest BCUT2D eigenvalue weighted by Gasteiger charge is -2.36. The monoisotopic (exact) mass is 241 g/mol. The Balaban J connectivity index is 1.78. The molecule has 1 aromatic heterocycles. The van der Waals surface area contributed by atoms with Crippen molar-refractivity contribution < 1.29 is 4.74 Å². The van der Waals surface area contributed by atoms with E-state index in [9.17, 15) is 0 Å². The van der Waals surface area contributed by atoms with Gasteiger partial charge in [0.05, 0.1) is 0 Å². The Morgan fingerprint density at radius 2 is 2.31 bits per heavy atom. The second-order valence-electron chi connectivity index (χ2n) is 4.35. The van der Waals surface area contributed by atoms with Crippen LogP contribution < -0.4 is 11.1 Å². The quantitative estimate of drug-likeness (QED) is 0.807. The van der Waals surface area contributed by atoms with Gasteiger partial charge in [0.2, 0.25) is 0 Å². The van der Waals surface area contributed by atoms with Crippen LogP contribution >= 0.6 is 11.3 Å². The lowest BCUT2D eigenvalue weighted by Crippen LogP contribution is -2.44. The average molecular weight is 241 g/mol. The van der Waals surface area contributed by atoms with E-state index in [2.05, 4.69) is 10.3 Å². The molecule has 90 valence electrons. The van der Waals surface area contributed by atoms with Crippen molar-refractivity contribution in [1.82, 2.24) is 10.3 Å². The Hall–Kier alpha value is -0.490. The first kappa shape index (κ1) is 12.0. The van der Waals surface area contributed by atoms with Crippen LogP contribution in [0, 0.1) is 5.41 Å². The molecule has 1 aliphatic heterocycles. The highest BCUT2D eigenvalue weighted by Gasteiger charge is 2.30. The van der Waals surface area contributed by atoms with Gasteiger partial charge < -0.3 is 15.8 Å². The lowest BCUT2D eigenvalue weighted by molar-refractivity contribution is 0.0191. The summed E-state index contributed by atoms with van der Waals surface area (Å²) in [6.07, 6.45) is 3.97. The minimum Gasteiger partial charge on any atom is -0.381 e. The van der Waals surface area contributed by atoms with Crippen LogP contribution in [0.15, 0.2) is 11.6 Å². The van der Waals surface area contributed by atoms with E-state index in [1.54, 1.807) is 11.3 Å². The third-order valence-electron chi connectivity index (χ3n) is 3.25. The zero-order valence-electron chi connectivity index (χ0n) is 9.45. The average Bonchev–Trinajstić information content (AvgIpc) is 2.83. The SMILES string of the molecule is NCC1(CNCc2nccs2)CCOCC1. The highest BCUT2D eigenvalue weighted by molar-refractivity contribution is 7.09. The summed E-state index contributed by atoms with van der Waals surface area (Å²) in [5.41, 5.74) is 6.12. The van der Waals surface area contributed by atoms with E-state index in [4.69, 9.17) is 10.5 Å². The van der Waals surface area contributed by atoms with Crippen molar-refractivity contribution in [3.63, 3.8) is 0 Å². The Morgan fingerprint density at radius 3 is 2.94 bits per heavy atom. The van der Waals surface area contributed by atoms with E-state index in [1.165, 1.54) is 0 Å². The molecule has 0 amide bonds. The summed E-state index contributed by atoms with van der Waals surface area (Å²) < 4.78 is 5.39. The Bertz CT molecular complexity index is 296. The largest absolute Gasteiger partial charge is 0.381 e. The van der Waals surface area contributed by atoms with Crippen molar-refractivity contribution >= 4 is 11.3 Å². The van der Waals surface area contributed by atoms with Gasteiger partial charge in [0.15, 0.2) is 0 Å². The summed E-state index contributed by atoms with van der Waals surface area (Å²) in [6.45, 7) is 4.24. The van der Waals surface area contributed by atoms with Gasteiger partial charge in [-0.1, -0.05) is 0 Å². The molecule has 0 atom stereocenters. The number of nitrogens with one attached hydrogen (secondary N) is 1. The van der Waals surface area contributed by atoms with Gasteiger partial charge in [-0.05, 0) is 24.8 Å². The minimum absolute atomic E-state index is 0.232. The van der Waals surface area contributed by atoms with Gasteiger partial charge in [-0.3, -0.25) is 0 Å². The van der Waals surface area contributed by atoms with Gasteiger partial charge in [0.25, 0.3) is 0 Å². The fraction of sp³-hybridized carbons (Fsp3) is 0.727. The normalized spacial score (nSPS) is 19.8. The van der Waals surface area contributed by atoms with E-state index >= 15 is 0 Å². The van der Waals surface area contributed by atoms with E-state index in [-0.39, 0.29) is 5.41 Å². The summed E-state index contributed by atoms with van der Waals surface area (Å²) in [7, 11) is 0. The van der Waals surface area contributed by atoms with Gasteiger partial charge in [-0.2, -0.15) is 0 Å². The van der Waals surface area contributed by atoms with Crippen molar-refractivity contribution in [2.75, 3.05) is 26.3 Å². The van der Waals surface area contributed by atoms with Gasteiger partial charge >= 0.3 is 0 Å². The number of nitrogens with zero attached hydrogens (tertiary/aromatic N) is 1. The lowest BCUT2D eigenvalue weighted by atomic mass is 9.80. The summed E-state index contributed by atoms with van der Waals surface area (Å²) in [5.74, 6) is 0. The molecule has 0 spiro atoms.